The lowest BCUT2D eigenvalue weighted by Gasteiger charge is -2.38. The third-order valence-electron chi connectivity index (χ3n) is 7.66. The second-order valence-corrected chi connectivity index (χ2v) is 11.1. The molecule has 2 N–H and O–H groups in total. The van der Waals surface area contributed by atoms with Crippen LogP contribution in [0.4, 0.5) is 0 Å². The summed E-state index contributed by atoms with van der Waals surface area (Å²) in [5.74, 6) is 0.442. The summed E-state index contributed by atoms with van der Waals surface area (Å²) >= 11 is 1.84. The highest BCUT2D eigenvalue weighted by Gasteiger charge is 2.31. The molecule has 7 heteroatoms. The molecule has 3 heterocycles. The predicted octanol–water partition coefficient (Wildman–Crippen LogP) is 5.86. The molecule has 1 aliphatic rings. The van der Waals surface area contributed by atoms with Gasteiger partial charge in [-0.05, 0) is 117 Å². The number of carboxylic acid groups (broad SMARTS) is 1. The van der Waals surface area contributed by atoms with Crippen LogP contribution < -0.4 is 4.74 Å². The lowest BCUT2D eigenvalue weighted by molar-refractivity contribution is -0.139. The Bertz CT molecular complexity index is 1150. The molecule has 36 heavy (non-hydrogen) atoms. The number of ether oxygens (including phenoxy) is 1. The molecule has 3 aromatic rings. The van der Waals surface area contributed by atoms with Crippen molar-refractivity contribution in [2.75, 3.05) is 26.7 Å². The van der Waals surface area contributed by atoms with Crippen LogP contribution in [0.3, 0.4) is 0 Å². The Balaban J connectivity index is 1.32. The first-order valence-electron chi connectivity index (χ1n) is 13.0. The molecule has 0 bridgehead atoms. The molecular weight excluding hydrogens is 472 g/mol. The number of unbranched alkanes of at least 4 members (excludes halogenated alkanes) is 1. The number of nitrogens with zero attached hydrogens (tertiary/aromatic N) is 2. The fourth-order valence-electron chi connectivity index (χ4n) is 5.57. The van der Waals surface area contributed by atoms with Gasteiger partial charge in [0.15, 0.2) is 0 Å². The van der Waals surface area contributed by atoms with Crippen LogP contribution in [0, 0.1) is 18.8 Å². The molecule has 1 unspecified atom stereocenters. The molecule has 0 spiro atoms. The van der Waals surface area contributed by atoms with E-state index in [0.29, 0.717) is 12.3 Å². The van der Waals surface area contributed by atoms with E-state index in [0.717, 1.165) is 67.5 Å². The Kier molecular flexibility index (Phi) is 9.35. The normalized spacial score (nSPS) is 19.4. The summed E-state index contributed by atoms with van der Waals surface area (Å²) in [7, 11) is 1.63. The van der Waals surface area contributed by atoms with Crippen molar-refractivity contribution < 1.29 is 19.7 Å². The van der Waals surface area contributed by atoms with Gasteiger partial charge in [-0.15, -0.1) is 11.3 Å². The summed E-state index contributed by atoms with van der Waals surface area (Å²) in [6, 6.07) is 9.77. The number of aliphatic hydroxyl groups is 1. The topological polar surface area (TPSA) is 82.9 Å². The van der Waals surface area contributed by atoms with Crippen LogP contribution in [-0.2, 0) is 11.2 Å². The quantitative estimate of drug-likeness (QED) is 0.297. The van der Waals surface area contributed by atoms with Gasteiger partial charge in [-0.1, -0.05) is 0 Å². The highest BCUT2D eigenvalue weighted by Crippen LogP contribution is 2.35. The van der Waals surface area contributed by atoms with E-state index < -0.39 is 12.1 Å². The number of hydrogen-bond acceptors (Lipinski definition) is 6. The molecule has 1 saturated heterocycles. The maximum Gasteiger partial charge on any atom is 0.303 e. The Hall–Kier alpha value is -2.48. The number of aliphatic hydroxyl groups excluding tert-OH is 1. The van der Waals surface area contributed by atoms with Crippen molar-refractivity contribution in [2.45, 2.75) is 58.0 Å². The number of likely N-dealkylation sites (tertiary alicyclic amines) is 1. The van der Waals surface area contributed by atoms with E-state index in [1.54, 1.807) is 13.3 Å². The van der Waals surface area contributed by atoms with Crippen LogP contribution in [0.5, 0.6) is 5.75 Å². The zero-order valence-electron chi connectivity index (χ0n) is 21.4. The number of thiophene rings is 1. The molecule has 0 aliphatic carbocycles. The van der Waals surface area contributed by atoms with Gasteiger partial charge in [0.1, 0.15) is 5.75 Å². The molecule has 1 fully saturated rings. The molecule has 4 rings (SSSR count). The predicted molar refractivity (Wildman–Crippen MR) is 145 cm³/mol. The smallest absolute Gasteiger partial charge is 0.303 e. The van der Waals surface area contributed by atoms with E-state index in [2.05, 4.69) is 28.3 Å². The number of carboxylic acids is 1. The first-order valence-corrected chi connectivity index (χ1v) is 13.9. The summed E-state index contributed by atoms with van der Waals surface area (Å²) < 4.78 is 5.36. The van der Waals surface area contributed by atoms with Gasteiger partial charge in [-0.2, -0.15) is 0 Å². The average Bonchev–Trinajstić information content (AvgIpc) is 3.29. The van der Waals surface area contributed by atoms with Crippen molar-refractivity contribution in [3.8, 4) is 5.75 Å². The van der Waals surface area contributed by atoms with Gasteiger partial charge >= 0.3 is 5.97 Å². The molecule has 6 nitrogen and oxygen atoms in total. The van der Waals surface area contributed by atoms with Crippen molar-refractivity contribution in [1.82, 2.24) is 9.88 Å². The van der Waals surface area contributed by atoms with Gasteiger partial charge in [-0.3, -0.25) is 9.78 Å². The average molecular weight is 511 g/mol. The van der Waals surface area contributed by atoms with Gasteiger partial charge < -0.3 is 19.8 Å². The number of pyridine rings is 1. The molecule has 194 valence electrons. The fraction of sp³-hybridized carbons (Fsp3) is 0.517. The number of hydrogen-bond donors (Lipinski definition) is 2. The van der Waals surface area contributed by atoms with Crippen LogP contribution in [0.15, 0.2) is 41.9 Å². The van der Waals surface area contributed by atoms with Crippen molar-refractivity contribution >= 4 is 28.2 Å². The summed E-state index contributed by atoms with van der Waals surface area (Å²) in [5.41, 5.74) is 3.08. The Morgan fingerprint density at radius 3 is 2.86 bits per heavy atom. The summed E-state index contributed by atoms with van der Waals surface area (Å²) in [6.45, 7) is 5.05. The number of carbonyl (C=O) groups is 1. The van der Waals surface area contributed by atoms with E-state index in [9.17, 15) is 15.0 Å². The third-order valence-corrected chi connectivity index (χ3v) is 8.74. The summed E-state index contributed by atoms with van der Waals surface area (Å²) in [5, 5.41) is 23.7. The van der Waals surface area contributed by atoms with Gasteiger partial charge in [0, 0.05) is 29.4 Å². The number of piperidine rings is 1. The van der Waals surface area contributed by atoms with Gasteiger partial charge in [-0.25, -0.2) is 0 Å². The van der Waals surface area contributed by atoms with E-state index in [1.165, 1.54) is 16.9 Å². The summed E-state index contributed by atoms with van der Waals surface area (Å²) in [6.07, 6.45) is 7.16. The Labute approximate surface area is 217 Å². The Morgan fingerprint density at radius 2 is 2.11 bits per heavy atom. The first kappa shape index (κ1) is 26.6. The maximum atomic E-state index is 11.6. The lowest BCUT2D eigenvalue weighted by Crippen LogP contribution is -2.41. The number of aliphatic carboxylic acids is 1. The van der Waals surface area contributed by atoms with Gasteiger partial charge in [0.2, 0.25) is 0 Å². The molecule has 1 aromatic carbocycles. The minimum absolute atomic E-state index is 0.122. The van der Waals surface area contributed by atoms with Gasteiger partial charge in [0.05, 0.1) is 18.7 Å². The second-order valence-electron chi connectivity index (χ2n) is 10.1. The molecule has 2 aromatic heterocycles. The molecule has 3 atom stereocenters. The summed E-state index contributed by atoms with van der Waals surface area (Å²) in [4.78, 5) is 20.0. The minimum atomic E-state index is -0.729. The van der Waals surface area contributed by atoms with Crippen molar-refractivity contribution in [1.29, 1.82) is 0 Å². The van der Waals surface area contributed by atoms with Crippen LogP contribution in [0.2, 0.25) is 0 Å². The number of aryl methyl sites for hydroxylation is 2. The van der Waals surface area contributed by atoms with Crippen molar-refractivity contribution in [3.63, 3.8) is 0 Å². The largest absolute Gasteiger partial charge is 0.497 e. The molecule has 0 amide bonds. The monoisotopic (exact) mass is 510 g/mol. The molecular formula is C29H38N2O4S. The van der Waals surface area contributed by atoms with E-state index in [-0.39, 0.29) is 12.3 Å². The van der Waals surface area contributed by atoms with Crippen LogP contribution in [-0.4, -0.2) is 52.8 Å². The van der Waals surface area contributed by atoms with Crippen molar-refractivity contribution in [3.05, 3.63) is 57.9 Å². The lowest BCUT2D eigenvalue weighted by atomic mass is 9.79. The standard InChI is InChI=1S/C29H38N2O4S/c1-20-12-16-36-28(20)5-3-4-14-31-15-11-21(22(19-31)17-29(33)34)6-9-27(32)24-10-13-30-26-8-7-23(35-2)18-25(24)26/h7-8,10,12-13,16,18,21-22,27,32H,3-6,9,11,14-15,17,19H2,1-2H3,(H,33,34)/t21-,22+,27?/m1/s1. The minimum Gasteiger partial charge on any atom is -0.497 e. The first-order chi connectivity index (χ1) is 17.4. The fourth-order valence-corrected chi connectivity index (χ4v) is 6.52. The second kappa shape index (κ2) is 12.7. The van der Waals surface area contributed by atoms with E-state index >= 15 is 0 Å². The number of fused-ring (bicyclic) bond motifs is 1. The number of methoxy groups -OCH3 is 1. The highest BCUT2D eigenvalue weighted by atomic mass is 32.1. The number of benzene rings is 1. The van der Waals surface area contributed by atoms with E-state index in [1.807, 2.05) is 35.6 Å². The van der Waals surface area contributed by atoms with Crippen LogP contribution in [0.25, 0.3) is 10.9 Å². The number of rotatable bonds is 12. The Morgan fingerprint density at radius 1 is 1.25 bits per heavy atom. The SMILES string of the molecule is COc1ccc2nccc(C(O)CC[C@@H]3CCN(CCCCc4sccc4C)C[C@@H]3CC(=O)O)c2c1. The molecule has 0 radical (unpaired) electrons. The van der Waals surface area contributed by atoms with Crippen LogP contribution >= 0.6 is 11.3 Å². The highest BCUT2D eigenvalue weighted by molar-refractivity contribution is 7.10. The molecule has 0 saturated carbocycles. The van der Waals surface area contributed by atoms with E-state index in [4.69, 9.17) is 4.74 Å². The third kappa shape index (κ3) is 6.84. The maximum absolute atomic E-state index is 11.6. The number of aromatic nitrogens is 1. The zero-order chi connectivity index (χ0) is 25.5. The van der Waals surface area contributed by atoms with Gasteiger partial charge in [0.25, 0.3) is 0 Å². The van der Waals surface area contributed by atoms with Crippen LogP contribution in [0.1, 0.15) is 60.6 Å². The molecule has 1 aliphatic heterocycles. The zero-order valence-corrected chi connectivity index (χ0v) is 22.2. The van der Waals surface area contributed by atoms with Crippen molar-refractivity contribution in [2.24, 2.45) is 11.8 Å².